The smallest absolute Gasteiger partial charge is 0.357 e. The van der Waals surface area contributed by atoms with Gasteiger partial charge in [0.1, 0.15) is 5.01 Å². The van der Waals surface area contributed by atoms with E-state index in [0.717, 1.165) is 12.1 Å². The highest BCUT2D eigenvalue weighted by Gasteiger charge is 2.21. The predicted molar refractivity (Wildman–Crippen MR) is 140 cm³/mol. The summed E-state index contributed by atoms with van der Waals surface area (Å²) in [5.41, 5.74) is 2.08. The van der Waals surface area contributed by atoms with E-state index in [1.807, 2.05) is 17.0 Å². The Morgan fingerprint density at radius 3 is 2.54 bits per heavy atom. The molecule has 0 aliphatic rings. The fourth-order valence-corrected chi connectivity index (χ4v) is 4.97. The van der Waals surface area contributed by atoms with Crippen LogP contribution in [0.1, 0.15) is 52.4 Å². The second-order valence-corrected chi connectivity index (χ2v) is 10.0. The quantitative estimate of drug-likeness (QED) is 0.217. The van der Waals surface area contributed by atoms with Crippen LogP contribution in [-0.4, -0.2) is 43.9 Å². The van der Waals surface area contributed by atoms with Crippen molar-refractivity contribution < 1.29 is 32.0 Å². The van der Waals surface area contributed by atoms with E-state index >= 15 is 0 Å². The fourth-order valence-electron chi connectivity index (χ4n) is 3.60. The molecule has 0 fully saturated rings. The fraction of sp³-hybridized carbons (Fsp3) is 0.320. The number of thiazole rings is 1. The minimum Gasteiger partial charge on any atom is -0.493 e. The van der Waals surface area contributed by atoms with Crippen molar-refractivity contribution >= 4 is 39.0 Å². The van der Waals surface area contributed by atoms with Gasteiger partial charge in [-0.15, -0.1) is 11.3 Å². The second kappa shape index (κ2) is 12.7. The summed E-state index contributed by atoms with van der Waals surface area (Å²) in [6.45, 7) is 1.99. The maximum Gasteiger partial charge on any atom is 0.357 e. The first-order chi connectivity index (χ1) is 17.6. The molecule has 2 aromatic carbocycles. The first kappa shape index (κ1) is 28.1. The second-order valence-electron chi connectivity index (χ2n) is 8.00. The highest BCUT2D eigenvalue weighted by molar-refractivity contribution is 7.87. The van der Waals surface area contributed by atoms with Gasteiger partial charge in [-0.25, -0.2) is 4.98 Å². The van der Waals surface area contributed by atoms with Crippen molar-refractivity contribution in [1.82, 2.24) is 10.3 Å². The van der Waals surface area contributed by atoms with Crippen LogP contribution in [0.2, 0.25) is 0 Å². The minimum atomic E-state index is -4.39. The Morgan fingerprint density at radius 1 is 1.16 bits per heavy atom. The average Bonchev–Trinajstić information content (AvgIpc) is 3.36. The normalized spacial score (nSPS) is 12.0. The van der Waals surface area contributed by atoms with Gasteiger partial charge in [0.15, 0.2) is 17.3 Å². The average molecular weight is 547 g/mol. The first-order valence-electron chi connectivity index (χ1n) is 11.4. The number of amides is 1. The molecule has 12 heteroatoms. The molecule has 1 radical (unpaired) electrons. The maximum absolute atomic E-state index is 12.9. The van der Waals surface area contributed by atoms with Crippen LogP contribution < -0.4 is 19.5 Å². The number of methoxy groups -OCH3 is 2. The van der Waals surface area contributed by atoms with E-state index in [1.54, 1.807) is 24.3 Å². The molecule has 1 aromatic heterocycles. The summed E-state index contributed by atoms with van der Waals surface area (Å²) < 4.78 is 43.5. The van der Waals surface area contributed by atoms with Crippen LogP contribution in [0.4, 0.5) is 5.69 Å². The van der Waals surface area contributed by atoms with Crippen LogP contribution in [0.5, 0.6) is 11.5 Å². The number of nitrogens with one attached hydrogen (secondary N) is 2. The van der Waals surface area contributed by atoms with Crippen LogP contribution >= 0.6 is 11.3 Å². The summed E-state index contributed by atoms with van der Waals surface area (Å²) >= 11 is 1.42. The van der Waals surface area contributed by atoms with Crippen molar-refractivity contribution in [2.24, 2.45) is 0 Å². The summed E-state index contributed by atoms with van der Waals surface area (Å²) in [5, 5.41) is 5.59. The lowest BCUT2D eigenvalue weighted by molar-refractivity contribution is -0.121. The molecule has 197 valence electrons. The summed E-state index contributed by atoms with van der Waals surface area (Å²) in [7, 11) is -1.46. The van der Waals surface area contributed by atoms with E-state index in [0.29, 0.717) is 34.1 Å². The van der Waals surface area contributed by atoms with Gasteiger partial charge in [-0.3, -0.25) is 18.9 Å². The van der Waals surface area contributed by atoms with Crippen molar-refractivity contribution in [3.63, 3.8) is 0 Å². The Hall–Kier alpha value is -3.48. The molecule has 3 rings (SSSR count). The molecule has 3 aromatic rings. The van der Waals surface area contributed by atoms with Crippen LogP contribution in [0.25, 0.3) is 0 Å². The largest absolute Gasteiger partial charge is 0.493 e. The molecule has 1 unspecified atom stereocenters. The van der Waals surface area contributed by atoms with Crippen LogP contribution in [0, 0.1) is 6.07 Å². The van der Waals surface area contributed by atoms with Crippen molar-refractivity contribution in [2.75, 3.05) is 18.9 Å². The number of anilines is 1. The van der Waals surface area contributed by atoms with Crippen molar-refractivity contribution in [2.45, 2.75) is 38.6 Å². The van der Waals surface area contributed by atoms with Gasteiger partial charge in [0.25, 0.3) is 0 Å². The molecule has 3 N–H and O–H groups in total. The molecule has 0 spiro atoms. The predicted octanol–water partition coefficient (Wildman–Crippen LogP) is 3.80. The van der Waals surface area contributed by atoms with Crippen LogP contribution in [0.15, 0.2) is 41.8 Å². The van der Waals surface area contributed by atoms with Gasteiger partial charge in [0, 0.05) is 18.2 Å². The Bertz CT molecular complexity index is 1340. The molecule has 37 heavy (non-hydrogen) atoms. The Balaban J connectivity index is 1.70. The maximum atomic E-state index is 12.9. The molecular weight excluding hydrogens is 518 g/mol. The number of ether oxygens (including phenoxy) is 2. The number of hydrogen-bond donors (Lipinski definition) is 3. The number of nitrogens with zero attached hydrogens (tertiary/aromatic N) is 1. The number of carbonyl (C=O) groups excluding carboxylic acids is 2. The number of carbonyl (C=O) groups is 2. The molecular formula is C25H28N3O7S2. The number of aryl methyl sites for hydroxylation is 1. The highest BCUT2D eigenvalue weighted by Crippen LogP contribution is 2.31. The number of hydrogen-bond acceptors (Lipinski definition) is 8. The highest BCUT2D eigenvalue weighted by atomic mass is 32.2. The number of aromatic nitrogens is 1. The Labute approximate surface area is 219 Å². The van der Waals surface area contributed by atoms with Crippen LogP contribution in [0.3, 0.4) is 0 Å². The standard InChI is InChI=1S/C25H28N3O7S2/c1-4-17-15-36-25(26-17)20(14-16-8-10-18(11-9-16)28-37(31,32)33)27-23(30)13-12-21(29)19-6-5-7-22(34-2)24(19)35-3/h5-8,10-11,15,20,28H,4,12-14H2,1-3H3,(H,27,30)(H,31,32,33). The van der Waals surface area contributed by atoms with Crippen molar-refractivity contribution in [3.8, 4) is 11.5 Å². The SMILES string of the molecule is CCc1csc(C(Cc2[c]cc(NS(=O)(=O)O)cc2)NC(=O)CCC(=O)c2cccc(OC)c2OC)n1. The number of Topliss-reactive ketones (excluding diaryl/α,β-unsaturated/α-hetero) is 1. The van der Waals surface area contributed by atoms with Gasteiger partial charge in [-0.1, -0.05) is 19.1 Å². The van der Waals surface area contributed by atoms with Crippen LogP contribution in [-0.2, 0) is 27.9 Å². The monoisotopic (exact) mass is 546 g/mol. The van der Waals surface area contributed by atoms with E-state index in [9.17, 15) is 18.0 Å². The van der Waals surface area contributed by atoms with Crippen molar-refractivity contribution in [3.05, 3.63) is 69.7 Å². The summed E-state index contributed by atoms with van der Waals surface area (Å²) in [4.78, 5) is 30.3. The lowest BCUT2D eigenvalue weighted by Crippen LogP contribution is -2.30. The molecule has 0 bridgehead atoms. The molecule has 1 atom stereocenters. The zero-order chi connectivity index (χ0) is 27.0. The molecule has 1 heterocycles. The van der Waals surface area contributed by atoms with E-state index < -0.39 is 16.3 Å². The van der Waals surface area contributed by atoms with Gasteiger partial charge >= 0.3 is 10.3 Å². The van der Waals surface area contributed by atoms with E-state index in [2.05, 4.69) is 16.4 Å². The molecule has 0 saturated carbocycles. The Kier molecular flexibility index (Phi) is 9.61. The summed E-state index contributed by atoms with van der Waals surface area (Å²) in [5.74, 6) is 0.186. The molecule has 1 amide bonds. The number of benzene rings is 2. The van der Waals surface area contributed by atoms with E-state index in [4.69, 9.17) is 14.0 Å². The molecule has 10 nitrogen and oxygen atoms in total. The molecule has 0 saturated heterocycles. The zero-order valence-electron chi connectivity index (χ0n) is 20.6. The summed E-state index contributed by atoms with van der Waals surface area (Å²) in [6.07, 6.45) is 1.02. The van der Waals surface area contributed by atoms with Crippen molar-refractivity contribution in [1.29, 1.82) is 0 Å². The first-order valence-corrected chi connectivity index (χ1v) is 13.7. The topological polar surface area (TPSA) is 144 Å². The summed E-state index contributed by atoms with van der Waals surface area (Å²) in [6, 6.07) is 12.0. The third-order valence-electron chi connectivity index (χ3n) is 5.40. The van der Waals surface area contributed by atoms with Gasteiger partial charge in [0.05, 0.1) is 37.2 Å². The van der Waals surface area contributed by atoms with Gasteiger partial charge in [0.2, 0.25) is 5.91 Å². The Morgan fingerprint density at radius 2 is 1.95 bits per heavy atom. The van der Waals surface area contributed by atoms with Gasteiger partial charge in [-0.2, -0.15) is 8.42 Å². The lowest BCUT2D eigenvalue weighted by Gasteiger charge is -2.17. The molecule has 0 aliphatic carbocycles. The third-order valence-corrected chi connectivity index (χ3v) is 6.90. The number of ketones is 1. The van der Waals surface area contributed by atoms with E-state index in [1.165, 1.54) is 37.7 Å². The van der Waals surface area contributed by atoms with E-state index in [-0.39, 0.29) is 30.2 Å². The number of rotatable bonds is 13. The third kappa shape index (κ3) is 8.00. The van der Waals surface area contributed by atoms with Gasteiger partial charge < -0.3 is 14.8 Å². The molecule has 0 aliphatic heterocycles. The minimum absolute atomic E-state index is 0.0255. The lowest BCUT2D eigenvalue weighted by atomic mass is 10.0. The number of para-hydroxylation sites is 1. The zero-order valence-corrected chi connectivity index (χ0v) is 22.2. The van der Waals surface area contributed by atoms with Gasteiger partial charge in [-0.05, 0) is 48.7 Å².